The Balaban J connectivity index is 2.55. The van der Waals surface area contributed by atoms with Gasteiger partial charge in [0.1, 0.15) is 0 Å². The number of aliphatic carboxylic acids is 1. The van der Waals surface area contributed by atoms with E-state index >= 15 is 0 Å². The van der Waals surface area contributed by atoms with E-state index in [0.29, 0.717) is 21.2 Å². The number of aryl methyl sites for hydroxylation is 1. The molecule has 1 N–H and O–H groups in total. The minimum absolute atomic E-state index is 0.471. The van der Waals surface area contributed by atoms with Crippen molar-refractivity contribution in [3.63, 3.8) is 0 Å². The van der Waals surface area contributed by atoms with Crippen LogP contribution in [-0.2, 0) is 11.2 Å². The molecule has 2 nitrogen and oxygen atoms in total. The van der Waals surface area contributed by atoms with Crippen LogP contribution in [0.15, 0.2) is 48.5 Å². The molecule has 0 radical (unpaired) electrons. The SMILES string of the molecule is CCc1ccc(/C(=C\C(=O)O)c2cc(Cl)cc(Cl)c2)cc1. The van der Waals surface area contributed by atoms with Gasteiger partial charge in [-0.15, -0.1) is 0 Å². The second-order valence-electron chi connectivity index (χ2n) is 4.60. The Morgan fingerprint density at radius 2 is 1.62 bits per heavy atom. The highest BCUT2D eigenvalue weighted by Crippen LogP contribution is 2.29. The van der Waals surface area contributed by atoms with E-state index in [-0.39, 0.29) is 0 Å². The summed E-state index contributed by atoms with van der Waals surface area (Å²) in [5.41, 5.74) is 3.26. The van der Waals surface area contributed by atoms with Crippen LogP contribution < -0.4 is 0 Å². The standard InChI is InChI=1S/C17H14Cl2O2/c1-2-11-3-5-12(6-4-11)16(10-17(20)21)13-7-14(18)9-15(19)8-13/h3-10H,2H2,1H3,(H,20,21)/b16-10+. The van der Waals surface area contributed by atoms with E-state index in [1.807, 2.05) is 24.3 Å². The zero-order chi connectivity index (χ0) is 15.4. The molecule has 4 heteroatoms. The average molecular weight is 321 g/mol. The maximum Gasteiger partial charge on any atom is 0.328 e. The molecule has 2 rings (SSSR count). The van der Waals surface area contributed by atoms with Crippen LogP contribution in [-0.4, -0.2) is 11.1 Å². The first kappa shape index (κ1) is 15.6. The highest BCUT2D eigenvalue weighted by molar-refractivity contribution is 6.35. The van der Waals surface area contributed by atoms with Crippen LogP contribution in [0.2, 0.25) is 10.0 Å². The monoisotopic (exact) mass is 320 g/mol. The predicted molar refractivity (Wildman–Crippen MR) is 87.0 cm³/mol. The maximum absolute atomic E-state index is 11.1. The smallest absolute Gasteiger partial charge is 0.328 e. The molecule has 108 valence electrons. The van der Waals surface area contributed by atoms with Crippen molar-refractivity contribution in [3.05, 3.63) is 75.3 Å². The van der Waals surface area contributed by atoms with Crippen LogP contribution in [0.1, 0.15) is 23.6 Å². The second kappa shape index (κ2) is 6.79. The van der Waals surface area contributed by atoms with Gasteiger partial charge in [0, 0.05) is 16.1 Å². The third kappa shape index (κ3) is 4.10. The van der Waals surface area contributed by atoms with Crippen molar-refractivity contribution in [1.82, 2.24) is 0 Å². The fourth-order valence-electron chi connectivity index (χ4n) is 2.09. The molecule has 0 unspecified atom stereocenters. The summed E-state index contributed by atoms with van der Waals surface area (Å²) in [6.45, 7) is 2.07. The van der Waals surface area contributed by atoms with Gasteiger partial charge in [-0.2, -0.15) is 0 Å². The lowest BCUT2D eigenvalue weighted by atomic mass is 9.96. The third-order valence-electron chi connectivity index (χ3n) is 3.11. The van der Waals surface area contributed by atoms with Gasteiger partial charge in [-0.1, -0.05) is 54.4 Å². The van der Waals surface area contributed by atoms with E-state index in [1.54, 1.807) is 18.2 Å². The fourth-order valence-corrected chi connectivity index (χ4v) is 2.61. The fraction of sp³-hybridized carbons (Fsp3) is 0.118. The summed E-state index contributed by atoms with van der Waals surface area (Å²) < 4.78 is 0. The number of benzene rings is 2. The highest BCUT2D eigenvalue weighted by atomic mass is 35.5. The van der Waals surface area contributed by atoms with Gasteiger partial charge in [-0.25, -0.2) is 4.79 Å². The Bertz CT molecular complexity index is 668. The van der Waals surface area contributed by atoms with Gasteiger partial charge < -0.3 is 5.11 Å². The molecule has 21 heavy (non-hydrogen) atoms. The molecule has 2 aromatic carbocycles. The number of carboxylic acid groups (broad SMARTS) is 1. The van der Waals surface area contributed by atoms with Gasteiger partial charge in [0.2, 0.25) is 0 Å². The number of carboxylic acids is 1. The second-order valence-corrected chi connectivity index (χ2v) is 5.48. The molecule has 0 fully saturated rings. The summed E-state index contributed by atoms with van der Waals surface area (Å²) in [6.07, 6.45) is 2.10. The predicted octanol–water partition coefficient (Wildman–Crippen LogP) is 5.07. The molecule has 0 aliphatic heterocycles. The molecule has 0 aliphatic carbocycles. The van der Waals surface area contributed by atoms with Gasteiger partial charge in [0.05, 0.1) is 0 Å². The van der Waals surface area contributed by atoms with Crippen LogP contribution in [0.25, 0.3) is 5.57 Å². The van der Waals surface area contributed by atoms with E-state index in [9.17, 15) is 4.79 Å². The summed E-state index contributed by atoms with van der Waals surface area (Å²) in [5, 5.41) is 10.0. The topological polar surface area (TPSA) is 37.3 Å². The number of hydrogen-bond donors (Lipinski definition) is 1. The van der Waals surface area contributed by atoms with Crippen LogP contribution in [0.5, 0.6) is 0 Å². The molecule has 0 bridgehead atoms. The largest absolute Gasteiger partial charge is 0.478 e. The van der Waals surface area contributed by atoms with Crippen molar-refractivity contribution in [3.8, 4) is 0 Å². The van der Waals surface area contributed by atoms with Crippen LogP contribution in [0.3, 0.4) is 0 Å². The molecule has 0 amide bonds. The number of carbonyl (C=O) groups is 1. The van der Waals surface area contributed by atoms with Crippen molar-refractivity contribution in [2.75, 3.05) is 0 Å². The van der Waals surface area contributed by atoms with E-state index in [2.05, 4.69) is 6.92 Å². The van der Waals surface area contributed by atoms with E-state index in [1.165, 1.54) is 11.6 Å². The lowest BCUT2D eigenvalue weighted by Gasteiger charge is -2.10. The summed E-state index contributed by atoms with van der Waals surface area (Å²) in [6, 6.07) is 12.8. The normalized spacial score (nSPS) is 11.5. The average Bonchev–Trinajstić information content (AvgIpc) is 2.43. The van der Waals surface area contributed by atoms with E-state index in [4.69, 9.17) is 28.3 Å². The van der Waals surface area contributed by atoms with Gasteiger partial charge in [0.15, 0.2) is 0 Å². The van der Waals surface area contributed by atoms with Crippen molar-refractivity contribution >= 4 is 34.7 Å². The maximum atomic E-state index is 11.1. The van der Waals surface area contributed by atoms with Crippen molar-refractivity contribution in [2.24, 2.45) is 0 Å². The third-order valence-corrected chi connectivity index (χ3v) is 3.55. The van der Waals surface area contributed by atoms with Gasteiger partial charge >= 0.3 is 5.97 Å². The Hall–Kier alpha value is -1.77. The summed E-state index contributed by atoms with van der Waals surface area (Å²) in [5.74, 6) is -1.01. The molecule has 0 atom stereocenters. The summed E-state index contributed by atoms with van der Waals surface area (Å²) in [4.78, 5) is 11.1. The molecule has 0 saturated carbocycles. The lowest BCUT2D eigenvalue weighted by Crippen LogP contribution is -1.95. The quantitative estimate of drug-likeness (QED) is 0.798. The minimum Gasteiger partial charge on any atom is -0.478 e. The molecular formula is C17H14Cl2O2. The Morgan fingerprint density at radius 3 is 2.10 bits per heavy atom. The van der Waals surface area contributed by atoms with E-state index in [0.717, 1.165) is 12.0 Å². The lowest BCUT2D eigenvalue weighted by molar-refractivity contribution is -0.131. The van der Waals surface area contributed by atoms with Gasteiger partial charge in [0.25, 0.3) is 0 Å². The Kier molecular flexibility index (Phi) is 5.05. The molecular weight excluding hydrogens is 307 g/mol. The van der Waals surface area contributed by atoms with Crippen molar-refractivity contribution in [2.45, 2.75) is 13.3 Å². The van der Waals surface area contributed by atoms with Crippen molar-refractivity contribution in [1.29, 1.82) is 0 Å². The van der Waals surface area contributed by atoms with Crippen LogP contribution >= 0.6 is 23.2 Å². The number of rotatable bonds is 4. The molecule has 0 spiro atoms. The molecule has 2 aromatic rings. The first-order valence-corrected chi connectivity index (χ1v) is 7.25. The first-order chi connectivity index (χ1) is 9.99. The molecule has 0 aliphatic rings. The molecule has 0 heterocycles. The van der Waals surface area contributed by atoms with Crippen LogP contribution in [0.4, 0.5) is 0 Å². The van der Waals surface area contributed by atoms with Crippen LogP contribution in [0, 0.1) is 0 Å². The highest BCUT2D eigenvalue weighted by Gasteiger charge is 2.09. The minimum atomic E-state index is -1.01. The zero-order valence-electron chi connectivity index (χ0n) is 11.4. The Labute approximate surface area is 133 Å². The summed E-state index contributed by atoms with van der Waals surface area (Å²) >= 11 is 12.0. The van der Waals surface area contributed by atoms with Crippen molar-refractivity contribution < 1.29 is 9.90 Å². The van der Waals surface area contributed by atoms with Gasteiger partial charge in [-0.3, -0.25) is 0 Å². The van der Waals surface area contributed by atoms with Gasteiger partial charge in [-0.05, 0) is 46.9 Å². The molecule has 0 aromatic heterocycles. The summed E-state index contributed by atoms with van der Waals surface area (Å²) in [7, 11) is 0. The molecule has 0 saturated heterocycles. The zero-order valence-corrected chi connectivity index (χ0v) is 12.9. The first-order valence-electron chi connectivity index (χ1n) is 6.50. The number of halogens is 2. The Morgan fingerprint density at radius 1 is 1.05 bits per heavy atom. The number of hydrogen-bond acceptors (Lipinski definition) is 1. The van der Waals surface area contributed by atoms with E-state index < -0.39 is 5.97 Å².